The number of methoxy groups -OCH3 is 1. The molecule has 0 aliphatic heterocycles. The molecular formula is C6H4BrNO. The average Bonchev–Trinajstić information content (AvgIpc) is 1.88. The molecule has 46 valence electrons. The van der Waals surface area contributed by atoms with Gasteiger partial charge in [0, 0.05) is 0 Å². The summed E-state index contributed by atoms with van der Waals surface area (Å²) in [5.41, 5.74) is 0. The van der Waals surface area contributed by atoms with Crippen molar-refractivity contribution in [2.45, 2.75) is 0 Å². The number of ether oxygens (including phenoxy) is 1. The van der Waals surface area contributed by atoms with Crippen LogP contribution in [0.3, 0.4) is 0 Å². The summed E-state index contributed by atoms with van der Waals surface area (Å²) in [6.07, 6.45) is 0. The van der Waals surface area contributed by atoms with E-state index >= 15 is 0 Å². The van der Waals surface area contributed by atoms with Gasteiger partial charge in [-0.25, -0.2) is 0 Å². The molecule has 1 aromatic heterocycles. The summed E-state index contributed by atoms with van der Waals surface area (Å²) in [5.74, 6) is 0.542. The van der Waals surface area contributed by atoms with E-state index in [1.807, 2.05) is 0 Å². The highest BCUT2D eigenvalue weighted by atomic mass is 79.9. The van der Waals surface area contributed by atoms with Gasteiger partial charge in [-0.05, 0) is 22.0 Å². The third-order valence-electron chi connectivity index (χ3n) is 0.788. The molecule has 0 fully saturated rings. The highest BCUT2D eigenvalue weighted by Gasteiger charge is 1.88. The zero-order valence-electron chi connectivity index (χ0n) is 4.81. The summed E-state index contributed by atoms with van der Waals surface area (Å²) in [4.78, 5) is 3.90. The van der Waals surface area contributed by atoms with Crippen molar-refractivity contribution < 1.29 is 4.74 Å². The number of rotatable bonds is 1. The highest BCUT2D eigenvalue weighted by molar-refractivity contribution is 9.10. The second-order valence-electron chi connectivity index (χ2n) is 1.36. The molecule has 9 heavy (non-hydrogen) atoms. The Morgan fingerprint density at radius 1 is 1.78 bits per heavy atom. The van der Waals surface area contributed by atoms with Crippen LogP contribution in [0, 0.1) is 12.1 Å². The first-order chi connectivity index (χ1) is 4.33. The van der Waals surface area contributed by atoms with Crippen LogP contribution in [0.25, 0.3) is 0 Å². The molecule has 3 heteroatoms. The maximum Gasteiger partial charge on any atom is 0.223 e. The van der Waals surface area contributed by atoms with Gasteiger partial charge >= 0.3 is 0 Å². The van der Waals surface area contributed by atoms with Crippen molar-refractivity contribution in [3.63, 3.8) is 0 Å². The van der Waals surface area contributed by atoms with Gasteiger partial charge in [0.15, 0.2) is 4.60 Å². The number of hydrogen-bond donors (Lipinski definition) is 0. The van der Waals surface area contributed by atoms with E-state index in [1.165, 1.54) is 0 Å². The Hall–Kier alpha value is -0.750. The summed E-state index contributed by atoms with van der Waals surface area (Å²) in [6, 6.07) is 7.04. The fourth-order valence-electron chi connectivity index (χ4n) is 0.419. The Morgan fingerprint density at radius 3 is 3.00 bits per heavy atom. The molecule has 2 nitrogen and oxygen atoms in total. The number of aromatic nitrogens is 1. The van der Waals surface area contributed by atoms with Crippen molar-refractivity contribution in [3.05, 3.63) is 22.8 Å². The number of hydrogen-bond acceptors (Lipinski definition) is 2. The van der Waals surface area contributed by atoms with Gasteiger partial charge in [0.25, 0.3) is 0 Å². The zero-order valence-corrected chi connectivity index (χ0v) is 6.40. The quantitative estimate of drug-likeness (QED) is 0.662. The molecule has 0 unspecified atom stereocenters. The molecule has 0 aromatic carbocycles. The standard InChI is InChI=1S/C6H4BrNO/c1-9-6-4-2-3-5(7)8-6/h4H,1H3. The first-order valence-electron chi connectivity index (χ1n) is 2.33. The minimum absolute atomic E-state index is 0.542. The first-order valence-corrected chi connectivity index (χ1v) is 3.12. The van der Waals surface area contributed by atoms with Crippen LogP contribution in [-0.2, 0) is 0 Å². The summed E-state index contributed by atoms with van der Waals surface area (Å²) in [5, 5.41) is 0. The van der Waals surface area contributed by atoms with Crippen molar-refractivity contribution in [2.75, 3.05) is 7.11 Å². The molecule has 0 aliphatic carbocycles. The molecule has 1 aromatic rings. The average molecular weight is 186 g/mol. The summed E-state index contributed by atoms with van der Waals surface area (Å²) in [6.45, 7) is 0. The molecular weight excluding hydrogens is 182 g/mol. The van der Waals surface area contributed by atoms with Gasteiger partial charge in [-0.3, -0.25) is 0 Å². The van der Waals surface area contributed by atoms with E-state index < -0.39 is 0 Å². The second kappa shape index (κ2) is 2.70. The highest BCUT2D eigenvalue weighted by Crippen LogP contribution is 2.06. The lowest BCUT2D eigenvalue weighted by atomic mass is 10.6. The summed E-state index contributed by atoms with van der Waals surface area (Å²) in [7, 11) is 1.56. The van der Waals surface area contributed by atoms with Crippen LogP contribution in [0.2, 0.25) is 0 Å². The lowest BCUT2D eigenvalue weighted by molar-refractivity contribution is 0.397. The Morgan fingerprint density at radius 2 is 2.56 bits per heavy atom. The van der Waals surface area contributed by atoms with Crippen molar-refractivity contribution in [1.29, 1.82) is 0 Å². The predicted molar refractivity (Wildman–Crippen MR) is 36.2 cm³/mol. The monoisotopic (exact) mass is 185 g/mol. The minimum Gasteiger partial charge on any atom is -0.480 e. The van der Waals surface area contributed by atoms with Gasteiger partial charge in [-0.2, -0.15) is 4.98 Å². The second-order valence-corrected chi connectivity index (χ2v) is 2.11. The maximum atomic E-state index is 4.80. The zero-order chi connectivity index (χ0) is 6.69. The van der Waals surface area contributed by atoms with Gasteiger partial charge in [-0.1, -0.05) is 6.07 Å². The molecule has 0 N–H and O–H groups in total. The van der Waals surface area contributed by atoms with E-state index in [0.29, 0.717) is 10.5 Å². The van der Waals surface area contributed by atoms with E-state index in [-0.39, 0.29) is 0 Å². The van der Waals surface area contributed by atoms with Crippen molar-refractivity contribution in [1.82, 2.24) is 4.98 Å². The fraction of sp³-hybridized carbons (Fsp3) is 0.167. The number of nitrogens with zero attached hydrogens (tertiary/aromatic N) is 1. The van der Waals surface area contributed by atoms with Gasteiger partial charge in [0.2, 0.25) is 5.88 Å². The van der Waals surface area contributed by atoms with E-state index in [9.17, 15) is 0 Å². The van der Waals surface area contributed by atoms with Gasteiger partial charge in [0.05, 0.1) is 13.2 Å². The normalized spacial score (nSPS) is 8.22. The smallest absolute Gasteiger partial charge is 0.223 e. The van der Waals surface area contributed by atoms with E-state index in [4.69, 9.17) is 4.74 Å². The van der Waals surface area contributed by atoms with Crippen molar-refractivity contribution in [2.24, 2.45) is 0 Å². The lowest BCUT2D eigenvalue weighted by Gasteiger charge is -1.92. The van der Waals surface area contributed by atoms with Crippen molar-refractivity contribution in [3.8, 4) is 5.88 Å². The number of halogens is 1. The molecule has 0 radical (unpaired) electrons. The van der Waals surface area contributed by atoms with Gasteiger partial charge < -0.3 is 4.74 Å². The maximum absolute atomic E-state index is 4.80. The summed E-state index contributed by atoms with van der Waals surface area (Å²) < 4.78 is 5.42. The molecule has 0 saturated heterocycles. The lowest BCUT2D eigenvalue weighted by Crippen LogP contribution is -1.84. The third-order valence-corrected chi connectivity index (χ3v) is 1.16. The molecule has 0 spiro atoms. The van der Waals surface area contributed by atoms with E-state index in [1.54, 1.807) is 13.2 Å². The Labute approximate surface area is 62.0 Å². The fourth-order valence-corrected chi connectivity index (χ4v) is 0.708. The molecule has 0 atom stereocenters. The molecule has 0 bridgehead atoms. The topological polar surface area (TPSA) is 22.1 Å². The van der Waals surface area contributed by atoms with Gasteiger partial charge in [-0.15, -0.1) is 0 Å². The SMILES string of the molecule is COc1cc#cc(Br)n1. The Bertz CT molecular complexity index is 202. The van der Waals surface area contributed by atoms with E-state index in [0.717, 1.165) is 0 Å². The minimum atomic E-state index is 0.542. The van der Waals surface area contributed by atoms with Crippen LogP contribution >= 0.6 is 15.9 Å². The van der Waals surface area contributed by atoms with Crippen LogP contribution in [0.15, 0.2) is 10.7 Å². The van der Waals surface area contributed by atoms with Crippen molar-refractivity contribution >= 4 is 15.9 Å². The van der Waals surface area contributed by atoms with Crippen LogP contribution in [0.5, 0.6) is 5.88 Å². The molecule has 0 aliphatic rings. The first kappa shape index (κ1) is 6.37. The third kappa shape index (κ3) is 1.58. The predicted octanol–water partition coefficient (Wildman–Crippen LogP) is 1.45. The summed E-state index contributed by atoms with van der Waals surface area (Å²) >= 11 is 3.12. The molecule has 1 heterocycles. The molecule has 0 saturated carbocycles. The molecule has 1 rings (SSSR count). The van der Waals surface area contributed by atoms with Crippen LogP contribution in [-0.4, -0.2) is 12.1 Å². The van der Waals surface area contributed by atoms with Gasteiger partial charge in [0.1, 0.15) is 0 Å². The molecule has 0 amide bonds. The Balaban J connectivity index is 2.94. The van der Waals surface area contributed by atoms with Crippen LogP contribution in [0.1, 0.15) is 0 Å². The van der Waals surface area contributed by atoms with E-state index in [2.05, 4.69) is 33.0 Å². The largest absolute Gasteiger partial charge is 0.480 e. The Kier molecular flexibility index (Phi) is 1.91. The van der Waals surface area contributed by atoms with Crippen LogP contribution in [0.4, 0.5) is 0 Å². The van der Waals surface area contributed by atoms with Crippen LogP contribution < -0.4 is 4.74 Å².